The quantitative estimate of drug-likeness (QED) is 0.204. The van der Waals surface area contributed by atoms with Crippen LogP contribution in [0.2, 0.25) is 0 Å². The van der Waals surface area contributed by atoms with Gasteiger partial charge in [-0.25, -0.2) is 0 Å². The molecule has 0 aromatic rings. The molecule has 0 aromatic carbocycles. The van der Waals surface area contributed by atoms with Crippen LogP contribution in [0, 0.1) is 0 Å². The number of rotatable bonds is 0. The molecular weight excluding hydrogens is 1120 g/mol. The molecule has 0 amide bonds. The molecule has 0 rings (SSSR count). The van der Waals surface area contributed by atoms with E-state index in [1.807, 2.05) is 0 Å². The van der Waals surface area contributed by atoms with Crippen molar-refractivity contribution in [3.05, 3.63) is 0 Å². The zero-order valence-electron chi connectivity index (χ0n) is 27.4. The average molecular weight is 1200 g/mol. The van der Waals surface area contributed by atoms with Crippen LogP contribution in [0.3, 0.4) is 0 Å². The minimum absolute atomic E-state index is 0. The smallest absolute Gasteiger partial charge is 0.412 e. The zero-order chi connectivity index (χ0) is 0. The van der Waals surface area contributed by atoms with Gasteiger partial charge in [-0.1, -0.05) is 0 Å². The second-order valence-electron chi connectivity index (χ2n) is 0. The van der Waals surface area contributed by atoms with E-state index in [1.165, 1.54) is 0 Å². The molecule has 80 N–H and O–H groups in total. The maximum absolute atomic E-state index is 0. The molecular formula is H80BK6O40VW+6. The van der Waals surface area contributed by atoms with Gasteiger partial charge in [0, 0.05) is 48.0 Å². The number of hydrogen-bond acceptors (Lipinski definition) is 0. The van der Waals surface area contributed by atoms with Crippen LogP contribution >= 0.6 is 0 Å². The summed E-state index contributed by atoms with van der Waals surface area (Å²) < 4.78 is 0. The van der Waals surface area contributed by atoms with Gasteiger partial charge in [0.15, 0.2) is 0 Å². The molecule has 0 aromatic heterocycles. The summed E-state index contributed by atoms with van der Waals surface area (Å²) in [6.45, 7) is 0. The Morgan fingerprint density at radius 2 is 0.102 bits per heavy atom. The standard InChI is InChI=1S/B.6K.40H2O.V.W/h;;;;;;;40*1H2;;/q;6*+1;;;;;;;;;;;;;;;;;;;;;;;;;;;;;;;;;;;;;;;;;;. The van der Waals surface area contributed by atoms with E-state index >= 15 is 0 Å². The molecule has 0 heterocycles. The van der Waals surface area contributed by atoms with Gasteiger partial charge >= 0.3 is 308 Å². The van der Waals surface area contributed by atoms with Gasteiger partial charge in [-0.15, -0.1) is 0 Å². The first kappa shape index (κ1) is 2120. The third-order valence-corrected chi connectivity index (χ3v) is 0. The summed E-state index contributed by atoms with van der Waals surface area (Å²) in [6, 6.07) is 0. The molecule has 0 aliphatic carbocycles. The topological polar surface area (TPSA) is 1260 Å². The fourth-order valence-corrected chi connectivity index (χ4v) is 0. The van der Waals surface area contributed by atoms with Crippen LogP contribution < -0.4 is 308 Å². The van der Waals surface area contributed by atoms with E-state index in [1.54, 1.807) is 0 Å². The largest absolute Gasteiger partial charge is 1.00 e. The van der Waals surface area contributed by atoms with Crippen molar-refractivity contribution in [1.82, 2.24) is 0 Å². The summed E-state index contributed by atoms with van der Waals surface area (Å²) in [5.41, 5.74) is 0. The van der Waals surface area contributed by atoms with Crippen molar-refractivity contribution >= 4 is 8.41 Å². The Kier molecular flexibility index (Phi) is 87400. The van der Waals surface area contributed by atoms with Gasteiger partial charge in [0.1, 0.15) is 0 Å². The summed E-state index contributed by atoms with van der Waals surface area (Å²) in [5.74, 6) is 0. The van der Waals surface area contributed by atoms with Crippen molar-refractivity contribution in [2.75, 3.05) is 0 Å². The van der Waals surface area contributed by atoms with Crippen molar-refractivity contribution in [2.45, 2.75) is 0 Å². The van der Waals surface area contributed by atoms with Crippen LogP contribution in [0.25, 0.3) is 0 Å². The SMILES string of the molecule is O.O.O.O.O.O.O.O.O.O.O.O.O.O.O.O.O.O.O.O.O.O.O.O.O.O.O.O.O.O.O.O.O.O.O.O.O.O.O.O.[B].[K+].[K+].[K+].[K+].[K+].[K+].[V].[W]. The molecule has 0 bridgehead atoms. The Morgan fingerprint density at radius 1 is 0.102 bits per heavy atom. The van der Waals surface area contributed by atoms with Crippen LogP contribution in [-0.2, 0) is 39.6 Å². The molecule has 0 saturated carbocycles. The summed E-state index contributed by atoms with van der Waals surface area (Å²) in [4.78, 5) is 0. The molecule has 4 radical (unpaired) electrons. The monoisotopic (exact) mass is 1200 g/mol. The third kappa shape index (κ3) is 1950. The van der Waals surface area contributed by atoms with Crippen LogP contribution in [0.15, 0.2) is 0 Å². The second kappa shape index (κ2) is 2020. The predicted molar refractivity (Wildman–Crippen MR) is 150 cm³/mol. The molecule has 49 heteroatoms. The molecule has 40 nitrogen and oxygen atoms in total. The minimum atomic E-state index is 0. The minimum Gasteiger partial charge on any atom is -0.412 e. The zero-order valence-corrected chi connectivity index (χ0v) is 50.5. The van der Waals surface area contributed by atoms with Crippen molar-refractivity contribution in [3.8, 4) is 0 Å². The molecule has 0 aliphatic rings. The van der Waals surface area contributed by atoms with Gasteiger partial charge in [-0.2, -0.15) is 0 Å². The van der Waals surface area contributed by atoms with Gasteiger partial charge in [-0.3, -0.25) is 0 Å². The van der Waals surface area contributed by atoms with Crippen LogP contribution in [0.5, 0.6) is 0 Å². The van der Waals surface area contributed by atoms with E-state index in [0.29, 0.717) is 0 Å². The second-order valence-corrected chi connectivity index (χ2v) is 0. The van der Waals surface area contributed by atoms with Crippen molar-refractivity contribution in [2.24, 2.45) is 0 Å². The van der Waals surface area contributed by atoms with Gasteiger partial charge < -0.3 is 219 Å². The molecule has 0 atom stereocenters. The van der Waals surface area contributed by atoms with Gasteiger partial charge in [0.05, 0.1) is 0 Å². The Balaban J connectivity index is 0. The van der Waals surface area contributed by atoms with E-state index in [9.17, 15) is 0 Å². The first-order valence-electron chi connectivity index (χ1n) is 0. The Bertz CT molecular complexity index is 46.7. The number of hydrogen-bond donors (Lipinski definition) is 0. The first-order valence-corrected chi connectivity index (χ1v) is 0. The molecule has 0 unspecified atom stereocenters. The normalized spacial score (nSPS) is 0. The maximum Gasteiger partial charge on any atom is 1.00 e. The van der Waals surface area contributed by atoms with E-state index in [-0.39, 0.29) is 575 Å². The summed E-state index contributed by atoms with van der Waals surface area (Å²) in [5, 5.41) is 0. The summed E-state index contributed by atoms with van der Waals surface area (Å²) >= 11 is 0. The average Bonchev–Trinajstić information content (AvgIpc) is 0. The predicted octanol–water partition coefficient (Wildman–Crippen LogP) is -51.3. The van der Waals surface area contributed by atoms with E-state index in [0.717, 1.165) is 0 Å². The molecule has 0 fully saturated rings. The fraction of sp³-hybridized carbons (Fsp3) is 0. The molecule has 0 spiro atoms. The van der Waals surface area contributed by atoms with Crippen LogP contribution in [-0.4, -0.2) is 227 Å². The van der Waals surface area contributed by atoms with Crippen molar-refractivity contribution < 1.29 is 567 Å². The van der Waals surface area contributed by atoms with E-state index in [2.05, 4.69) is 0 Å². The van der Waals surface area contributed by atoms with Gasteiger partial charge in [0.2, 0.25) is 0 Å². The Morgan fingerprint density at radius 3 is 0.102 bits per heavy atom. The van der Waals surface area contributed by atoms with Crippen LogP contribution in [0.1, 0.15) is 0 Å². The molecule has 0 saturated heterocycles. The summed E-state index contributed by atoms with van der Waals surface area (Å²) in [7, 11) is 0. The molecule has 334 valence electrons. The van der Waals surface area contributed by atoms with Crippen molar-refractivity contribution in [3.63, 3.8) is 0 Å². The van der Waals surface area contributed by atoms with E-state index in [4.69, 9.17) is 0 Å². The molecule has 49 heavy (non-hydrogen) atoms. The summed E-state index contributed by atoms with van der Waals surface area (Å²) in [6.07, 6.45) is 0. The Hall–Kier alpha value is 9.56. The van der Waals surface area contributed by atoms with E-state index < -0.39 is 0 Å². The van der Waals surface area contributed by atoms with Gasteiger partial charge in [-0.05, 0) is 0 Å². The fourth-order valence-electron chi connectivity index (χ4n) is 0. The van der Waals surface area contributed by atoms with Gasteiger partial charge in [0.25, 0.3) is 0 Å². The first-order chi connectivity index (χ1) is 0. The van der Waals surface area contributed by atoms with Crippen molar-refractivity contribution in [1.29, 1.82) is 0 Å². The maximum atomic E-state index is 0. The Labute approximate surface area is 561 Å². The third-order valence-electron chi connectivity index (χ3n) is 0. The van der Waals surface area contributed by atoms with Crippen LogP contribution in [0.4, 0.5) is 0 Å². The molecule has 0 aliphatic heterocycles.